The van der Waals surface area contributed by atoms with Gasteiger partial charge in [0.15, 0.2) is 0 Å². The van der Waals surface area contributed by atoms with Crippen LogP contribution in [0, 0.1) is 17.1 Å². The Kier molecular flexibility index (Phi) is 6.97. The highest BCUT2D eigenvalue weighted by Crippen LogP contribution is 2.37. The van der Waals surface area contributed by atoms with E-state index in [4.69, 9.17) is 11.6 Å². The Morgan fingerprint density at radius 1 is 1.05 bits per heavy atom. The molecule has 0 aliphatic rings. The third kappa shape index (κ3) is 5.08. The van der Waals surface area contributed by atoms with Crippen LogP contribution in [-0.4, -0.2) is 20.4 Å². The quantitative estimate of drug-likeness (QED) is 0.212. The fourth-order valence-electron chi connectivity index (χ4n) is 4.37. The summed E-state index contributed by atoms with van der Waals surface area (Å²) in [5, 5.41) is 28.8. The lowest BCUT2D eigenvalue weighted by atomic mass is 10.0. The largest absolute Gasteiger partial charge is 0.377 e. The van der Waals surface area contributed by atoms with Crippen molar-refractivity contribution in [1.82, 2.24) is 20.4 Å². The Morgan fingerprint density at radius 2 is 1.84 bits per heavy atom. The maximum absolute atomic E-state index is 13.6. The molecule has 37 heavy (non-hydrogen) atoms. The van der Waals surface area contributed by atoms with E-state index in [1.807, 2.05) is 24.3 Å². The highest BCUT2D eigenvalue weighted by Gasteiger charge is 2.20. The number of rotatable bonds is 8. The van der Waals surface area contributed by atoms with E-state index in [0.717, 1.165) is 17.5 Å². The van der Waals surface area contributed by atoms with Gasteiger partial charge in [-0.25, -0.2) is 4.39 Å². The highest BCUT2D eigenvalue weighted by molar-refractivity contribution is 6.35. The lowest BCUT2D eigenvalue weighted by Gasteiger charge is -2.22. The smallest absolute Gasteiger partial charge is 0.123 e. The molecule has 3 N–H and O–H groups in total. The third-order valence-corrected chi connectivity index (χ3v) is 6.51. The molecule has 0 bridgehead atoms. The minimum atomic E-state index is -0.427. The number of H-pyrrole nitrogens is 1. The van der Waals surface area contributed by atoms with Crippen LogP contribution in [0.5, 0.6) is 0 Å². The summed E-state index contributed by atoms with van der Waals surface area (Å²) in [6.45, 7) is 2.09. The number of aromatic nitrogens is 4. The van der Waals surface area contributed by atoms with Gasteiger partial charge >= 0.3 is 0 Å². The van der Waals surface area contributed by atoms with Crippen molar-refractivity contribution in [3.8, 4) is 6.07 Å². The molecule has 3 aromatic carbocycles. The molecule has 5 rings (SSSR count). The van der Waals surface area contributed by atoms with E-state index in [1.165, 1.54) is 18.3 Å². The van der Waals surface area contributed by atoms with Crippen LogP contribution in [0.4, 0.5) is 15.8 Å². The van der Waals surface area contributed by atoms with Crippen molar-refractivity contribution in [2.45, 2.75) is 25.4 Å². The number of fused-ring (bicyclic) bond motifs is 1. The van der Waals surface area contributed by atoms with Gasteiger partial charge in [0.1, 0.15) is 17.6 Å². The number of hydrogen-bond acceptors (Lipinski definition) is 6. The number of benzene rings is 3. The lowest BCUT2D eigenvalue weighted by molar-refractivity contribution is 0.626. The number of nitrogens with one attached hydrogen (secondary N) is 3. The van der Waals surface area contributed by atoms with Crippen LogP contribution >= 0.6 is 11.6 Å². The average molecular weight is 512 g/mol. The van der Waals surface area contributed by atoms with Crippen molar-refractivity contribution in [3.05, 3.63) is 112 Å². The molecule has 0 spiro atoms. The van der Waals surface area contributed by atoms with E-state index in [9.17, 15) is 9.65 Å². The van der Waals surface area contributed by atoms with E-state index in [-0.39, 0.29) is 11.9 Å². The molecule has 2 unspecified atom stereocenters. The number of pyridine rings is 1. The molecule has 2 heterocycles. The fourth-order valence-corrected chi connectivity index (χ4v) is 4.63. The summed E-state index contributed by atoms with van der Waals surface area (Å²) in [7, 11) is 0. The first-order chi connectivity index (χ1) is 18.1. The Hall–Kier alpha value is -4.48. The van der Waals surface area contributed by atoms with Crippen LogP contribution in [0.3, 0.4) is 0 Å². The van der Waals surface area contributed by atoms with Crippen LogP contribution in [0.2, 0.25) is 5.02 Å². The summed E-state index contributed by atoms with van der Waals surface area (Å²) >= 11 is 6.70. The molecular formula is C28H23ClFN7. The molecule has 2 aromatic heterocycles. The first-order valence-electron chi connectivity index (χ1n) is 11.8. The molecule has 2 atom stereocenters. The normalized spacial score (nSPS) is 12.6. The van der Waals surface area contributed by atoms with Crippen molar-refractivity contribution >= 4 is 33.9 Å². The van der Waals surface area contributed by atoms with E-state index in [2.05, 4.69) is 56.2 Å². The summed E-state index contributed by atoms with van der Waals surface area (Å²) in [6.07, 6.45) is 4.03. The zero-order chi connectivity index (χ0) is 25.8. The van der Waals surface area contributed by atoms with Crippen molar-refractivity contribution in [1.29, 1.82) is 5.26 Å². The molecule has 5 aromatic rings. The number of hydrogen-bond donors (Lipinski definition) is 3. The minimum Gasteiger partial charge on any atom is -0.377 e. The molecule has 0 aliphatic heterocycles. The molecule has 7 nitrogen and oxygen atoms in total. The number of halogens is 2. The van der Waals surface area contributed by atoms with E-state index < -0.39 is 6.04 Å². The van der Waals surface area contributed by atoms with Gasteiger partial charge in [-0.1, -0.05) is 66.2 Å². The van der Waals surface area contributed by atoms with Gasteiger partial charge in [-0.15, -0.1) is 5.10 Å². The molecule has 0 amide bonds. The van der Waals surface area contributed by atoms with Crippen LogP contribution in [0.25, 0.3) is 10.9 Å². The van der Waals surface area contributed by atoms with Gasteiger partial charge in [-0.05, 0) is 41.8 Å². The summed E-state index contributed by atoms with van der Waals surface area (Å²) in [4.78, 5) is 4.46. The summed E-state index contributed by atoms with van der Waals surface area (Å²) in [5.74, 6) is -0.328. The predicted molar refractivity (Wildman–Crippen MR) is 143 cm³/mol. The molecule has 0 saturated heterocycles. The molecule has 184 valence electrons. The third-order valence-electron chi connectivity index (χ3n) is 6.22. The van der Waals surface area contributed by atoms with E-state index >= 15 is 0 Å². The fraction of sp³-hybridized carbons (Fsp3) is 0.143. The molecule has 0 aliphatic carbocycles. The number of anilines is 2. The van der Waals surface area contributed by atoms with Gasteiger partial charge in [-0.2, -0.15) is 5.26 Å². The summed E-state index contributed by atoms with van der Waals surface area (Å²) in [5.41, 5.74) is 4.87. The topological polar surface area (TPSA) is 102 Å². The minimum absolute atomic E-state index is 0.0172. The Labute approximate surface area is 218 Å². The molecule has 0 saturated carbocycles. The second-order valence-corrected chi connectivity index (χ2v) is 8.96. The summed E-state index contributed by atoms with van der Waals surface area (Å²) in [6, 6.07) is 21.8. The van der Waals surface area contributed by atoms with Crippen LogP contribution < -0.4 is 10.6 Å². The maximum Gasteiger partial charge on any atom is 0.123 e. The maximum atomic E-state index is 13.6. The number of nitrogens with zero attached hydrogens (tertiary/aromatic N) is 4. The van der Waals surface area contributed by atoms with E-state index in [1.54, 1.807) is 24.4 Å². The van der Waals surface area contributed by atoms with Crippen LogP contribution in [0.15, 0.2) is 79.1 Å². The lowest BCUT2D eigenvalue weighted by Crippen LogP contribution is -2.14. The Bertz CT molecular complexity index is 1550. The zero-order valence-corrected chi connectivity index (χ0v) is 20.7. The van der Waals surface area contributed by atoms with Crippen molar-refractivity contribution in [3.63, 3.8) is 0 Å². The highest BCUT2D eigenvalue weighted by atomic mass is 35.5. The first-order valence-corrected chi connectivity index (χ1v) is 12.2. The molecule has 0 radical (unpaired) electrons. The van der Waals surface area contributed by atoms with Gasteiger partial charge in [0.25, 0.3) is 0 Å². The standard InChI is InChI=1S/C28H23ClFN7/c1-2-24(17-6-4-3-5-7-17)35-26-19(14-31)15-32-28-22(26)12-21(13-23(28)29)34-27(25-16-33-37-36-25)18-8-10-20(30)11-9-18/h3-13,15-16,24,27,34H,2H2,1H3,(H,32,35)(H,33,36,37). The summed E-state index contributed by atoms with van der Waals surface area (Å²) < 4.78 is 13.6. The Balaban J connectivity index is 1.59. The second kappa shape index (κ2) is 10.6. The predicted octanol–water partition coefficient (Wildman–Crippen LogP) is 6.78. The van der Waals surface area contributed by atoms with Gasteiger partial charge in [0, 0.05) is 23.5 Å². The number of nitriles is 1. The van der Waals surface area contributed by atoms with Gasteiger partial charge in [-0.3, -0.25) is 10.1 Å². The van der Waals surface area contributed by atoms with Gasteiger partial charge < -0.3 is 10.6 Å². The first kappa shape index (κ1) is 24.2. The van der Waals surface area contributed by atoms with Gasteiger partial charge in [0.2, 0.25) is 0 Å². The molecule has 0 fully saturated rings. The monoisotopic (exact) mass is 511 g/mol. The Morgan fingerprint density at radius 3 is 2.51 bits per heavy atom. The van der Waals surface area contributed by atoms with Crippen LogP contribution in [-0.2, 0) is 0 Å². The average Bonchev–Trinajstić information content (AvgIpc) is 3.46. The van der Waals surface area contributed by atoms with Crippen molar-refractivity contribution in [2.24, 2.45) is 0 Å². The number of aromatic amines is 1. The van der Waals surface area contributed by atoms with Crippen molar-refractivity contribution in [2.75, 3.05) is 10.6 Å². The molecule has 9 heteroatoms. The molecular weight excluding hydrogens is 489 g/mol. The van der Waals surface area contributed by atoms with Gasteiger partial charge in [0.05, 0.1) is 33.9 Å². The van der Waals surface area contributed by atoms with Crippen LogP contribution in [0.1, 0.15) is 47.8 Å². The van der Waals surface area contributed by atoms with Crippen molar-refractivity contribution < 1.29 is 4.39 Å². The van der Waals surface area contributed by atoms with E-state index in [0.29, 0.717) is 38.6 Å². The second-order valence-electron chi connectivity index (χ2n) is 8.56. The zero-order valence-electron chi connectivity index (χ0n) is 19.9. The SMILES string of the molecule is CCC(Nc1c(C#N)cnc2c(Cl)cc(NC(c3ccc(F)cc3)c3c[nH]nn3)cc12)c1ccccc1.